The number of amides is 1. The first-order valence-electron chi connectivity index (χ1n) is 12.4. The van der Waals surface area contributed by atoms with E-state index in [9.17, 15) is 9.59 Å². The SMILES string of the molecule is COc1cc(OC)c(Cl)c(-c2cc3cnc(-c4ccccc4NC(C)=O)cc3n(C3CCCC3)c2=O)c1Cl. The number of hydrogen-bond acceptors (Lipinski definition) is 5. The Labute approximate surface area is 230 Å². The number of fused-ring (bicyclic) bond motifs is 1. The van der Waals surface area contributed by atoms with Gasteiger partial charge in [-0.05, 0) is 31.0 Å². The van der Waals surface area contributed by atoms with E-state index in [1.165, 1.54) is 21.1 Å². The molecule has 2 aromatic heterocycles. The number of nitrogens with zero attached hydrogens (tertiary/aromatic N) is 2. The quantitative estimate of drug-likeness (QED) is 0.275. The minimum Gasteiger partial charge on any atom is -0.495 e. The largest absolute Gasteiger partial charge is 0.495 e. The van der Waals surface area contributed by atoms with Crippen LogP contribution >= 0.6 is 23.2 Å². The molecule has 1 saturated carbocycles. The van der Waals surface area contributed by atoms with Crippen LogP contribution < -0.4 is 20.3 Å². The first kappa shape index (κ1) is 26.1. The van der Waals surface area contributed by atoms with E-state index >= 15 is 0 Å². The number of anilines is 1. The van der Waals surface area contributed by atoms with E-state index in [2.05, 4.69) is 5.32 Å². The predicted octanol–water partition coefficient (Wildman–Crippen LogP) is 7.13. The molecule has 1 N–H and O–H groups in total. The second-order valence-electron chi connectivity index (χ2n) is 9.31. The second-order valence-corrected chi connectivity index (χ2v) is 10.1. The predicted molar refractivity (Wildman–Crippen MR) is 152 cm³/mol. The van der Waals surface area contributed by atoms with Crippen molar-refractivity contribution in [3.8, 4) is 33.9 Å². The summed E-state index contributed by atoms with van der Waals surface area (Å²) in [5.74, 6) is 0.545. The number of benzene rings is 2. The van der Waals surface area contributed by atoms with Crippen molar-refractivity contribution in [3.05, 3.63) is 69.1 Å². The number of para-hydroxylation sites is 1. The lowest BCUT2D eigenvalue weighted by Crippen LogP contribution is -2.25. The standard InChI is InChI=1S/C29H27Cl2N3O4/c1-16(35)33-21-11-7-6-10-19(21)22-13-23-17(15-32-22)12-20(29(36)34(23)18-8-4-5-9-18)26-27(30)24(37-2)14-25(38-3)28(26)31/h6-7,10-15,18H,4-5,8-9H2,1-3H3,(H,33,35). The Balaban J connectivity index is 1.80. The van der Waals surface area contributed by atoms with Gasteiger partial charge in [0.15, 0.2) is 0 Å². The van der Waals surface area contributed by atoms with Gasteiger partial charge in [0.25, 0.3) is 5.56 Å². The molecule has 2 heterocycles. The van der Waals surface area contributed by atoms with Gasteiger partial charge < -0.3 is 19.4 Å². The highest BCUT2D eigenvalue weighted by Crippen LogP contribution is 2.46. The van der Waals surface area contributed by atoms with E-state index in [1.807, 2.05) is 34.9 Å². The number of methoxy groups -OCH3 is 2. The van der Waals surface area contributed by atoms with Crippen LogP contribution in [0, 0.1) is 0 Å². The summed E-state index contributed by atoms with van der Waals surface area (Å²) in [5, 5.41) is 4.11. The van der Waals surface area contributed by atoms with Gasteiger partial charge in [0, 0.05) is 41.7 Å². The van der Waals surface area contributed by atoms with Crippen molar-refractivity contribution in [2.75, 3.05) is 19.5 Å². The summed E-state index contributed by atoms with van der Waals surface area (Å²) in [6, 6.07) is 12.8. The van der Waals surface area contributed by atoms with Crippen molar-refractivity contribution < 1.29 is 14.3 Å². The average Bonchev–Trinajstić information content (AvgIpc) is 3.43. The number of hydrogen-bond donors (Lipinski definition) is 1. The minimum atomic E-state index is -0.198. The lowest BCUT2D eigenvalue weighted by atomic mass is 10.0. The third kappa shape index (κ3) is 4.61. The Morgan fingerprint density at radius 3 is 2.29 bits per heavy atom. The van der Waals surface area contributed by atoms with Crippen LogP contribution in [0.1, 0.15) is 38.6 Å². The minimum absolute atomic E-state index is 0.0239. The molecule has 1 amide bonds. The van der Waals surface area contributed by atoms with Crippen molar-refractivity contribution in [1.29, 1.82) is 0 Å². The fraction of sp³-hybridized carbons (Fsp3) is 0.276. The van der Waals surface area contributed by atoms with Crippen LogP contribution in [0.5, 0.6) is 11.5 Å². The van der Waals surface area contributed by atoms with Crippen LogP contribution in [0.2, 0.25) is 10.0 Å². The highest BCUT2D eigenvalue weighted by molar-refractivity contribution is 6.41. The lowest BCUT2D eigenvalue weighted by Gasteiger charge is -2.21. The molecule has 1 fully saturated rings. The summed E-state index contributed by atoms with van der Waals surface area (Å²) >= 11 is 13.4. The molecule has 5 rings (SSSR count). The molecule has 9 heteroatoms. The molecule has 0 saturated heterocycles. The Hall–Kier alpha value is -3.55. The van der Waals surface area contributed by atoms with Gasteiger partial charge in [-0.15, -0.1) is 0 Å². The highest BCUT2D eigenvalue weighted by atomic mass is 35.5. The molecule has 0 atom stereocenters. The van der Waals surface area contributed by atoms with Crippen LogP contribution in [-0.4, -0.2) is 29.7 Å². The van der Waals surface area contributed by atoms with E-state index in [1.54, 1.807) is 18.3 Å². The molecule has 0 spiro atoms. The fourth-order valence-electron chi connectivity index (χ4n) is 5.21. The topological polar surface area (TPSA) is 82.4 Å². The maximum atomic E-state index is 14.2. The zero-order valence-corrected chi connectivity index (χ0v) is 22.8. The lowest BCUT2D eigenvalue weighted by molar-refractivity contribution is -0.114. The molecule has 196 valence electrons. The summed E-state index contributed by atoms with van der Waals surface area (Å²) in [6.45, 7) is 1.47. The molecule has 7 nitrogen and oxygen atoms in total. The van der Waals surface area contributed by atoms with Gasteiger partial charge in [0.1, 0.15) is 11.5 Å². The van der Waals surface area contributed by atoms with Gasteiger partial charge in [-0.1, -0.05) is 54.2 Å². The number of pyridine rings is 2. The van der Waals surface area contributed by atoms with Gasteiger partial charge in [-0.2, -0.15) is 0 Å². The maximum Gasteiger partial charge on any atom is 0.259 e. The molecule has 0 radical (unpaired) electrons. The Morgan fingerprint density at radius 2 is 1.66 bits per heavy atom. The van der Waals surface area contributed by atoms with Crippen molar-refractivity contribution in [2.24, 2.45) is 0 Å². The average molecular weight is 552 g/mol. The first-order chi connectivity index (χ1) is 18.3. The number of nitrogens with one attached hydrogen (secondary N) is 1. The zero-order valence-electron chi connectivity index (χ0n) is 21.3. The third-order valence-electron chi connectivity index (χ3n) is 6.97. The molecular formula is C29H27Cl2N3O4. The van der Waals surface area contributed by atoms with Gasteiger partial charge in [-0.25, -0.2) is 0 Å². The molecule has 1 aliphatic rings. The smallest absolute Gasteiger partial charge is 0.259 e. The molecule has 0 bridgehead atoms. The Morgan fingerprint density at radius 1 is 1.00 bits per heavy atom. The van der Waals surface area contributed by atoms with E-state index in [-0.39, 0.29) is 27.6 Å². The second kappa shape index (κ2) is 10.7. The number of carbonyl (C=O) groups is 1. The number of aromatic nitrogens is 2. The van der Waals surface area contributed by atoms with Crippen molar-refractivity contribution in [3.63, 3.8) is 0 Å². The summed E-state index contributed by atoms with van der Waals surface area (Å²) in [4.78, 5) is 30.7. The zero-order chi connectivity index (χ0) is 27.0. The molecule has 38 heavy (non-hydrogen) atoms. The van der Waals surface area contributed by atoms with Crippen LogP contribution in [-0.2, 0) is 4.79 Å². The molecule has 0 aliphatic heterocycles. The van der Waals surface area contributed by atoms with E-state index in [0.29, 0.717) is 34.0 Å². The Kier molecular flexibility index (Phi) is 7.32. The first-order valence-corrected chi connectivity index (χ1v) is 13.1. The van der Waals surface area contributed by atoms with Gasteiger partial charge in [0.2, 0.25) is 5.91 Å². The normalized spacial score (nSPS) is 13.6. The number of rotatable bonds is 6. The molecule has 2 aromatic carbocycles. The van der Waals surface area contributed by atoms with E-state index in [4.69, 9.17) is 37.7 Å². The summed E-state index contributed by atoms with van der Waals surface area (Å²) in [7, 11) is 3.00. The monoisotopic (exact) mass is 551 g/mol. The molecule has 4 aromatic rings. The number of ether oxygens (including phenoxy) is 2. The van der Waals surface area contributed by atoms with Crippen LogP contribution in [0.4, 0.5) is 5.69 Å². The number of carbonyl (C=O) groups excluding carboxylic acids is 1. The molecule has 0 unspecified atom stereocenters. The fourth-order valence-corrected chi connectivity index (χ4v) is 5.91. The third-order valence-corrected chi connectivity index (χ3v) is 7.72. The van der Waals surface area contributed by atoms with Crippen LogP contribution in [0.3, 0.4) is 0 Å². The maximum absolute atomic E-state index is 14.2. The van der Waals surface area contributed by atoms with Crippen LogP contribution in [0.15, 0.2) is 53.5 Å². The summed E-state index contributed by atoms with van der Waals surface area (Å²) < 4.78 is 12.7. The highest BCUT2D eigenvalue weighted by Gasteiger charge is 2.26. The molecular weight excluding hydrogens is 525 g/mol. The van der Waals surface area contributed by atoms with E-state index < -0.39 is 0 Å². The van der Waals surface area contributed by atoms with Gasteiger partial charge in [-0.3, -0.25) is 14.6 Å². The summed E-state index contributed by atoms with van der Waals surface area (Å²) in [6.07, 6.45) is 5.60. The van der Waals surface area contributed by atoms with Crippen LogP contribution in [0.25, 0.3) is 33.3 Å². The van der Waals surface area contributed by atoms with E-state index in [0.717, 1.165) is 42.1 Å². The summed E-state index contributed by atoms with van der Waals surface area (Å²) in [5.41, 5.74) is 3.35. The number of halogens is 2. The van der Waals surface area contributed by atoms with Crippen molar-refractivity contribution in [2.45, 2.75) is 38.6 Å². The van der Waals surface area contributed by atoms with Gasteiger partial charge in [0.05, 0.1) is 46.7 Å². The Bertz CT molecular complexity index is 1580. The van der Waals surface area contributed by atoms with Crippen molar-refractivity contribution in [1.82, 2.24) is 9.55 Å². The molecule has 1 aliphatic carbocycles. The van der Waals surface area contributed by atoms with Gasteiger partial charge >= 0.3 is 0 Å². The van der Waals surface area contributed by atoms with Crippen molar-refractivity contribution >= 4 is 45.7 Å².